The van der Waals surface area contributed by atoms with Gasteiger partial charge in [0.2, 0.25) is 0 Å². The Kier molecular flexibility index (Phi) is 6.15. The SMILES string of the molecule is O=C(O)C1CCC(NCCOc2c(Cl)cccc2Cl)CC1. The van der Waals surface area contributed by atoms with Crippen LogP contribution in [-0.2, 0) is 4.79 Å². The molecule has 0 aliphatic heterocycles. The number of ether oxygens (including phenoxy) is 1. The lowest BCUT2D eigenvalue weighted by Gasteiger charge is -2.27. The van der Waals surface area contributed by atoms with E-state index in [1.54, 1.807) is 18.2 Å². The Balaban J connectivity index is 1.68. The first-order chi connectivity index (χ1) is 10.1. The number of hydrogen-bond donors (Lipinski definition) is 2. The zero-order valence-corrected chi connectivity index (χ0v) is 13.2. The van der Waals surface area contributed by atoms with Gasteiger partial charge in [0, 0.05) is 12.6 Å². The molecule has 0 aromatic heterocycles. The highest BCUT2D eigenvalue weighted by molar-refractivity contribution is 6.37. The fourth-order valence-electron chi connectivity index (χ4n) is 2.58. The van der Waals surface area contributed by atoms with Gasteiger partial charge in [-0.05, 0) is 37.8 Å². The number of hydrogen-bond acceptors (Lipinski definition) is 3. The third-order valence-corrected chi connectivity index (χ3v) is 4.37. The van der Waals surface area contributed by atoms with Crippen LogP contribution >= 0.6 is 23.2 Å². The molecule has 21 heavy (non-hydrogen) atoms. The van der Waals surface area contributed by atoms with Crippen LogP contribution in [0, 0.1) is 5.92 Å². The normalized spacial score (nSPS) is 22.0. The van der Waals surface area contributed by atoms with Crippen LogP contribution in [0.4, 0.5) is 0 Å². The molecule has 0 atom stereocenters. The highest BCUT2D eigenvalue weighted by atomic mass is 35.5. The Bertz CT molecular complexity index is 468. The number of para-hydroxylation sites is 1. The van der Waals surface area contributed by atoms with Crippen molar-refractivity contribution < 1.29 is 14.6 Å². The van der Waals surface area contributed by atoms with Crippen molar-refractivity contribution in [3.63, 3.8) is 0 Å². The topological polar surface area (TPSA) is 58.6 Å². The van der Waals surface area contributed by atoms with Crippen molar-refractivity contribution in [2.75, 3.05) is 13.2 Å². The fraction of sp³-hybridized carbons (Fsp3) is 0.533. The molecule has 1 fully saturated rings. The Hall–Kier alpha value is -0.970. The van der Waals surface area contributed by atoms with Gasteiger partial charge in [-0.25, -0.2) is 0 Å². The van der Waals surface area contributed by atoms with E-state index in [0.717, 1.165) is 25.7 Å². The van der Waals surface area contributed by atoms with Crippen LogP contribution in [0.5, 0.6) is 5.75 Å². The van der Waals surface area contributed by atoms with Crippen molar-refractivity contribution in [2.45, 2.75) is 31.7 Å². The molecule has 4 nitrogen and oxygen atoms in total. The average molecular weight is 332 g/mol. The van der Waals surface area contributed by atoms with Gasteiger partial charge in [0.15, 0.2) is 5.75 Å². The number of carboxylic acids is 1. The fourth-order valence-corrected chi connectivity index (χ4v) is 3.09. The molecule has 1 aliphatic carbocycles. The molecule has 6 heteroatoms. The van der Waals surface area contributed by atoms with Gasteiger partial charge in [0.1, 0.15) is 6.61 Å². The molecule has 0 spiro atoms. The predicted molar refractivity (Wildman–Crippen MR) is 83.3 cm³/mol. The van der Waals surface area contributed by atoms with Gasteiger partial charge in [-0.3, -0.25) is 4.79 Å². The van der Waals surface area contributed by atoms with Gasteiger partial charge < -0.3 is 15.2 Å². The van der Waals surface area contributed by atoms with E-state index < -0.39 is 5.97 Å². The second-order valence-corrected chi connectivity index (χ2v) is 6.05. The van der Waals surface area contributed by atoms with Gasteiger partial charge in [-0.1, -0.05) is 29.3 Å². The number of carboxylic acid groups (broad SMARTS) is 1. The summed E-state index contributed by atoms with van der Waals surface area (Å²) in [7, 11) is 0. The maximum Gasteiger partial charge on any atom is 0.306 e. The summed E-state index contributed by atoms with van der Waals surface area (Å²) in [5, 5.41) is 13.3. The lowest BCUT2D eigenvalue weighted by atomic mass is 9.86. The molecule has 1 saturated carbocycles. The van der Waals surface area contributed by atoms with E-state index >= 15 is 0 Å². The molecule has 0 heterocycles. The number of rotatable bonds is 6. The van der Waals surface area contributed by atoms with Crippen LogP contribution in [-0.4, -0.2) is 30.3 Å². The molecular weight excluding hydrogens is 313 g/mol. The summed E-state index contributed by atoms with van der Waals surface area (Å²) in [6.45, 7) is 1.16. The maximum atomic E-state index is 10.9. The monoisotopic (exact) mass is 331 g/mol. The van der Waals surface area contributed by atoms with Gasteiger partial charge >= 0.3 is 5.97 Å². The van der Waals surface area contributed by atoms with Crippen LogP contribution in [0.2, 0.25) is 10.0 Å². The van der Waals surface area contributed by atoms with E-state index in [9.17, 15) is 4.79 Å². The smallest absolute Gasteiger partial charge is 0.306 e. The third kappa shape index (κ3) is 4.77. The van der Waals surface area contributed by atoms with Gasteiger partial charge in [-0.2, -0.15) is 0 Å². The minimum atomic E-state index is -0.676. The summed E-state index contributed by atoms with van der Waals surface area (Å²) in [6, 6.07) is 5.62. The first-order valence-corrected chi connectivity index (χ1v) is 7.86. The van der Waals surface area contributed by atoms with Crippen LogP contribution in [0.1, 0.15) is 25.7 Å². The van der Waals surface area contributed by atoms with Gasteiger partial charge in [0.25, 0.3) is 0 Å². The largest absolute Gasteiger partial charge is 0.489 e. The third-order valence-electron chi connectivity index (χ3n) is 3.78. The summed E-state index contributed by atoms with van der Waals surface area (Å²) in [4.78, 5) is 10.9. The Morgan fingerprint density at radius 3 is 2.43 bits per heavy atom. The molecule has 2 N–H and O–H groups in total. The molecule has 0 amide bonds. The number of benzene rings is 1. The van der Waals surface area contributed by atoms with Crippen molar-refractivity contribution >= 4 is 29.2 Å². The number of aliphatic carboxylic acids is 1. The summed E-state index contributed by atoms with van der Waals surface area (Å²) in [5.74, 6) is -0.344. The van der Waals surface area contributed by atoms with E-state index in [-0.39, 0.29) is 5.92 Å². The molecule has 1 aliphatic rings. The summed E-state index contributed by atoms with van der Waals surface area (Å²) < 4.78 is 5.60. The maximum absolute atomic E-state index is 10.9. The lowest BCUT2D eigenvalue weighted by Crippen LogP contribution is -2.37. The molecule has 2 rings (SSSR count). The van der Waals surface area contributed by atoms with Crippen molar-refractivity contribution in [1.29, 1.82) is 0 Å². The van der Waals surface area contributed by atoms with Crippen LogP contribution in [0.3, 0.4) is 0 Å². The summed E-state index contributed by atoms with van der Waals surface area (Å²) in [6.07, 6.45) is 3.27. The molecule has 116 valence electrons. The average Bonchev–Trinajstić information content (AvgIpc) is 2.46. The van der Waals surface area contributed by atoms with Crippen LogP contribution < -0.4 is 10.1 Å². The first-order valence-electron chi connectivity index (χ1n) is 7.11. The molecule has 1 aromatic rings. The second-order valence-electron chi connectivity index (χ2n) is 5.24. The highest BCUT2D eigenvalue weighted by Crippen LogP contribution is 2.32. The van der Waals surface area contributed by atoms with E-state index in [4.69, 9.17) is 33.0 Å². The highest BCUT2D eigenvalue weighted by Gasteiger charge is 2.25. The molecule has 0 bridgehead atoms. The number of nitrogens with one attached hydrogen (secondary N) is 1. The molecule has 1 aromatic carbocycles. The molecule has 0 unspecified atom stereocenters. The Morgan fingerprint density at radius 2 is 1.86 bits per heavy atom. The van der Waals surface area contributed by atoms with E-state index in [1.165, 1.54) is 0 Å². The standard InChI is InChI=1S/C15H19Cl2NO3/c16-12-2-1-3-13(17)14(12)21-9-8-18-11-6-4-10(5-7-11)15(19)20/h1-3,10-11,18H,4-9H2,(H,19,20). The molecule has 0 radical (unpaired) electrons. The second kappa shape index (κ2) is 7.87. The zero-order valence-electron chi connectivity index (χ0n) is 11.6. The Morgan fingerprint density at radius 1 is 1.24 bits per heavy atom. The van der Waals surface area contributed by atoms with Gasteiger partial charge in [0.05, 0.1) is 16.0 Å². The van der Waals surface area contributed by atoms with Crippen LogP contribution in [0.15, 0.2) is 18.2 Å². The molecule has 0 saturated heterocycles. The van der Waals surface area contributed by atoms with E-state index in [0.29, 0.717) is 35.0 Å². The van der Waals surface area contributed by atoms with Crippen molar-refractivity contribution in [3.8, 4) is 5.75 Å². The first kappa shape index (κ1) is 16.4. The van der Waals surface area contributed by atoms with E-state index in [1.807, 2.05) is 0 Å². The quantitative estimate of drug-likeness (QED) is 0.782. The number of halogens is 2. The summed E-state index contributed by atoms with van der Waals surface area (Å²) >= 11 is 12.0. The van der Waals surface area contributed by atoms with Crippen molar-refractivity contribution in [2.24, 2.45) is 5.92 Å². The Labute approximate surface area is 134 Å². The van der Waals surface area contributed by atoms with Gasteiger partial charge in [-0.15, -0.1) is 0 Å². The van der Waals surface area contributed by atoms with E-state index in [2.05, 4.69) is 5.32 Å². The minimum absolute atomic E-state index is 0.179. The predicted octanol–water partition coefficient (Wildman–Crippen LogP) is 3.61. The van der Waals surface area contributed by atoms with Crippen LogP contribution in [0.25, 0.3) is 0 Å². The number of carbonyl (C=O) groups is 1. The summed E-state index contributed by atoms with van der Waals surface area (Å²) in [5.41, 5.74) is 0. The van der Waals surface area contributed by atoms with Crippen molar-refractivity contribution in [1.82, 2.24) is 5.32 Å². The molecular formula is C15H19Cl2NO3. The van der Waals surface area contributed by atoms with Crippen molar-refractivity contribution in [3.05, 3.63) is 28.2 Å². The lowest BCUT2D eigenvalue weighted by molar-refractivity contribution is -0.142. The zero-order chi connectivity index (χ0) is 15.2. The minimum Gasteiger partial charge on any atom is -0.489 e.